The number of carbonyl (C=O) groups is 2. The first-order valence-corrected chi connectivity index (χ1v) is 4.22. The first kappa shape index (κ1) is 9.17. The zero-order chi connectivity index (χ0) is 9.19. The van der Waals surface area contributed by atoms with Crippen LogP contribution in [0.2, 0.25) is 0 Å². The molecule has 0 aromatic heterocycles. The summed E-state index contributed by atoms with van der Waals surface area (Å²) in [7, 11) is 0. The van der Waals surface area contributed by atoms with E-state index in [-0.39, 0.29) is 5.41 Å². The lowest BCUT2D eigenvalue weighted by Crippen LogP contribution is -2.22. The summed E-state index contributed by atoms with van der Waals surface area (Å²) in [5.41, 5.74) is 0.734. The fraction of sp³-hybridized carbons (Fsp3) is 0.600. The predicted molar refractivity (Wildman–Crippen MR) is 46.7 cm³/mol. The predicted octanol–water partition coefficient (Wildman–Crippen LogP) is 1.75. The van der Waals surface area contributed by atoms with Gasteiger partial charge in [0.15, 0.2) is 0 Å². The number of hydrogen-bond donors (Lipinski definition) is 0. The summed E-state index contributed by atoms with van der Waals surface area (Å²) in [4.78, 5) is 20.9. The van der Waals surface area contributed by atoms with Gasteiger partial charge in [-0.3, -0.25) is 4.79 Å². The largest absolute Gasteiger partial charge is 0.303 e. The van der Waals surface area contributed by atoms with E-state index >= 15 is 0 Å². The van der Waals surface area contributed by atoms with Crippen LogP contribution in [0.25, 0.3) is 0 Å². The van der Waals surface area contributed by atoms with E-state index in [2.05, 4.69) is 0 Å². The molecule has 12 heavy (non-hydrogen) atoms. The van der Waals surface area contributed by atoms with Crippen LogP contribution in [0, 0.1) is 11.3 Å². The highest BCUT2D eigenvalue weighted by Gasteiger charge is 2.36. The minimum Gasteiger partial charge on any atom is -0.303 e. The lowest BCUT2D eigenvalue weighted by atomic mass is 9.76. The second-order valence-corrected chi connectivity index (χ2v) is 3.83. The van der Waals surface area contributed by atoms with E-state index in [1.807, 2.05) is 19.9 Å². The third-order valence-electron chi connectivity index (χ3n) is 2.89. The number of allylic oxidation sites excluding steroid dienone is 2. The third kappa shape index (κ3) is 1.33. The van der Waals surface area contributed by atoms with Gasteiger partial charge < -0.3 is 4.79 Å². The molecule has 0 radical (unpaired) electrons. The second-order valence-electron chi connectivity index (χ2n) is 3.83. The van der Waals surface area contributed by atoms with E-state index in [1.165, 1.54) is 0 Å². The Kier molecular flexibility index (Phi) is 2.46. The van der Waals surface area contributed by atoms with Gasteiger partial charge in [0.05, 0.1) is 0 Å². The number of aldehydes is 2. The number of hydrogen-bond acceptors (Lipinski definition) is 2. The molecule has 66 valence electrons. The van der Waals surface area contributed by atoms with Crippen molar-refractivity contribution < 1.29 is 9.59 Å². The van der Waals surface area contributed by atoms with Gasteiger partial charge in [0.2, 0.25) is 0 Å². The first-order valence-electron chi connectivity index (χ1n) is 4.22. The van der Waals surface area contributed by atoms with Crippen molar-refractivity contribution in [1.82, 2.24) is 0 Å². The SMILES string of the molecule is CC1(C)C(C=O)=CCC1CC=O. The maximum atomic E-state index is 10.6. The van der Waals surface area contributed by atoms with Gasteiger partial charge in [0.1, 0.15) is 12.6 Å². The lowest BCUT2D eigenvalue weighted by molar-refractivity contribution is -0.110. The van der Waals surface area contributed by atoms with Gasteiger partial charge in [0.25, 0.3) is 0 Å². The van der Waals surface area contributed by atoms with Crippen LogP contribution in [-0.2, 0) is 9.59 Å². The van der Waals surface area contributed by atoms with Crippen LogP contribution in [0.5, 0.6) is 0 Å². The van der Waals surface area contributed by atoms with E-state index in [0.717, 1.165) is 24.6 Å². The molecule has 0 saturated carbocycles. The standard InChI is InChI=1S/C10H14O2/c1-10(2)8(5-6-11)3-4-9(10)7-12/h4,6-8H,3,5H2,1-2H3. The summed E-state index contributed by atoms with van der Waals surface area (Å²) in [6.07, 6.45) is 5.21. The molecule has 0 saturated heterocycles. The molecule has 0 aliphatic heterocycles. The van der Waals surface area contributed by atoms with Gasteiger partial charge in [-0.25, -0.2) is 0 Å². The molecule has 0 aromatic rings. The molecule has 1 aliphatic carbocycles. The molecule has 2 nitrogen and oxygen atoms in total. The van der Waals surface area contributed by atoms with Crippen LogP contribution in [-0.4, -0.2) is 12.6 Å². The van der Waals surface area contributed by atoms with Crippen molar-refractivity contribution in [3.63, 3.8) is 0 Å². The van der Waals surface area contributed by atoms with E-state index in [0.29, 0.717) is 12.3 Å². The average molecular weight is 166 g/mol. The van der Waals surface area contributed by atoms with E-state index in [1.54, 1.807) is 0 Å². The highest BCUT2D eigenvalue weighted by Crippen LogP contribution is 2.43. The number of carbonyl (C=O) groups excluding carboxylic acids is 2. The lowest BCUT2D eigenvalue weighted by Gasteiger charge is -2.27. The molecule has 0 aromatic carbocycles. The normalized spacial score (nSPS) is 26.5. The van der Waals surface area contributed by atoms with Gasteiger partial charge in [-0.15, -0.1) is 0 Å². The molecule has 2 heteroatoms. The quantitative estimate of drug-likeness (QED) is 0.598. The Bertz CT molecular complexity index is 226. The molecule has 0 heterocycles. The maximum absolute atomic E-state index is 10.6. The van der Waals surface area contributed by atoms with Crippen molar-refractivity contribution in [1.29, 1.82) is 0 Å². The molecule has 1 atom stereocenters. The van der Waals surface area contributed by atoms with Crippen molar-refractivity contribution in [3.05, 3.63) is 11.6 Å². The van der Waals surface area contributed by atoms with Crippen LogP contribution in [0.1, 0.15) is 26.7 Å². The molecular weight excluding hydrogens is 152 g/mol. The maximum Gasteiger partial charge on any atom is 0.146 e. The van der Waals surface area contributed by atoms with Crippen molar-refractivity contribution >= 4 is 12.6 Å². The van der Waals surface area contributed by atoms with Crippen molar-refractivity contribution in [2.24, 2.45) is 11.3 Å². The van der Waals surface area contributed by atoms with Gasteiger partial charge in [-0.1, -0.05) is 19.9 Å². The Morgan fingerprint density at radius 2 is 2.25 bits per heavy atom. The van der Waals surface area contributed by atoms with E-state index in [9.17, 15) is 9.59 Å². The molecule has 1 rings (SSSR count). The Morgan fingerprint density at radius 1 is 1.58 bits per heavy atom. The van der Waals surface area contributed by atoms with Gasteiger partial charge >= 0.3 is 0 Å². The monoisotopic (exact) mass is 166 g/mol. The molecule has 0 amide bonds. The van der Waals surface area contributed by atoms with Crippen LogP contribution in [0.15, 0.2) is 11.6 Å². The fourth-order valence-electron chi connectivity index (χ4n) is 1.77. The van der Waals surface area contributed by atoms with Crippen molar-refractivity contribution in [3.8, 4) is 0 Å². The molecule has 1 aliphatic rings. The highest BCUT2D eigenvalue weighted by atomic mass is 16.1. The summed E-state index contributed by atoms with van der Waals surface area (Å²) in [5, 5.41) is 0. The summed E-state index contributed by atoms with van der Waals surface area (Å²) in [6.45, 7) is 4.04. The van der Waals surface area contributed by atoms with Crippen LogP contribution >= 0.6 is 0 Å². The molecular formula is C10H14O2. The smallest absolute Gasteiger partial charge is 0.146 e. The second kappa shape index (κ2) is 3.21. The van der Waals surface area contributed by atoms with Crippen LogP contribution in [0.4, 0.5) is 0 Å². The van der Waals surface area contributed by atoms with Crippen molar-refractivity contribution in [2.75, 3.05) is 0 Å². The van der Waals surface area contributed by atoms with Gasteiger partial charge in [-0.2, -0.15) is 0 Å². The zero-order valence-electron chi connectivity index (χ0n) is 7.54. The van der Waals surface area contributed by atoms with Gasteiger partial charge in [0, 0.05) is 6.42 Å². The number of rotatable bonds is 3. The van der Waals surface area contributed by atoms with E-state index < -0.39 is 0 Å². The minimum atomic E-state index is -0.108. The summed E-state index contributed by atoms with van der Waals surface area (Å²) >= 11 is 0. The fourth-order valence-corrected chi connectivity index (χ4v) is 1.77. The van der Waals surface area contributed by atoms with Crippen LogP contribution in [0.3, 0.4) is 0 Å². The summed E-state index contributed by atoms with van der Waals surface area (Å²) in [5.74, 6) is 0.315. The van der Waals surface area contributed by atoms with Crippen molar-refractivity contribution in [2.45, 2.75) is 26.7 Å². The topological polar surface area (TPSA) is 34.1 Å². The average Bonchev–Trinajstić information content (AvgIpc) is 2.28. The third-order valence-corrected chi connectivity index (χ3v) is 2.89. The summed E-state index contributed by atoms with van der Waals surface area (Å²) in [6, 6.07) is 0. The zero-order valence-corrected chi connectivity index (χ0v) is 7.54. The molecule has 1 unspecified atom stereocenters. The first-order chi connectivity index (χ1) is 5.62. The highest BCUT2D eigenvalue weighted by molar-refractivity contribution is 5.76. The minimum absolute atomic E-state index is 0.108. The molecule has 0 spiro atoms. The van der Waals surface area contributed by atoms with Gasteiger partial charge in [-0.05, 0) is 23.3 Å². The Hall–Kier alpha value is -0.920. The Labute approximate surface area is 72.7 Å². The molecule has 0 N–H and O–H groups in total. The Balaban J connectivity index is 2.77. The Morgan fingerprint density at radius 3 is 2.67 bits per heavy atom. The van der Waals surface area contributed by atoms with Crippen LogP contribution < -0.4 is 0 Å². The molecule has 0 fully saturated rings. The van der Waals surface area contributed by atoms with E-state index in [4.69, 9.17) is 0 Å². The summed E-state index contributed by atoms with van der Waals surface area (Å²) < 4.78 is 0. The molecule has 0 bridgehead atoms.